The van der Waals surface area contributed by atoms with Gasteiger partial charge in [-0.25, -0.2) is 0 Å². The topological polar surface area (TPSA) is 20.2 Å². The van der Waals surface area contributed by atoms with Gasteiger partial charge in [0.1, 0.15) is 7.85 Å². The molecule has 0 aromatic rings. The largest absolute Gasteiger partial charge is 0.499 e. The molecule has 0 unspecified atom stereocenters. The molecule has 2 radical (unpaired) electrons. The van der Waals surface area contributed by atoms with Gasteiger partial charge in [-0.05, 0) is 18.5 Å². The van der Waals surface area contributed by atoms with E-state index in [2.05, 4.69) is 0 Å². The van der Waals surface area contributed by atoms with Crippen LogP contribution in [0.5, 0.6) is 0 Å². The Labute approximate surface area is 43.0 Å². The summed E-state index contributed by atoms with van der Waals surface area (Å²) in [5, 5.41) is 7.83. The standard InChI is InChI=1S/C3H4BClO/c1-2(4)3(5)6/h6H,1H3. The van der Waals surface area contributed by atoms with Crippen molar-refractivity contribution >= 4 is 19.4 Å². The fraction of sp³-hybridized carbons (Fsp3) is 0.333. The molecule has 0 spiro atoms. The van der Waals surface area contributed by atoms with Gasteiger partial charge in [-0.15, -0.1) is 0 Å². The maximum absolute atomic E-state index is 8.15. The van der Waals surface area contributed by atoms with Gasteiger partial charge in [0.2, 0.25) is 0 Å². The first-order valence-electron chi connectivity index (χ1n) is 1.45. The zero-order valence-corrected chi connectivity index (χ0v) is 4.16. The third kappa shape index (κ3) is 2.15. The van der Waals surface area contributed by atoms with Crippen LogP contribution in [0.2, 0.25) is 0 Å². The van der Waals surface area contributed by atoms with Crippen LogP contribution >= 0.6 is 11.6 Å². The smallest absolute Gasteiger partial charge is 0.172 e. The highest BCUT2D eigenvalue weighted by Crippen LogP contribution is 1.97. The maximum atomic E-state index is 8.15. The van der Waals surface area contributed by atoms with Gasteiger partial charge in [-0.2, -0.15) is 0 Å². The molecule has 0 aliphatic carbocycles. The molecular weight excluding hydrogens is 98.3 g/mol. The molecule has 0 saturated carbocycles. The zero-order valence-electron chi connectivity index (χ0n) is 3.40. The second-order valence-corrected chi connectivity index (χ2v) is 1.33. The summed E-state index contributed by atoms with van der Waals surface area (Å²) in [4.78, 5) is 0. The fourth-order valence-electron chi connectivity index (χ4n) is 0. The van der Waals surface area contributed by atoms with Gasteiger partial charge in [0.25, 0.3) is 0 Å². The zero-order chi connectivity index (χ0) is 5.15. The molecule has 0 fully saturated rings. The summed E-state index contributed by atoms with van der Waals surface area (Å²) in [7, 11) is 4.93. The molecule has 0 heterocycles. The van der Waals surface area contributed by atoms with Gasteiger partial charge in [0.05, 0.1) is 0 Å². The summed E-state index contributed by atoms with van der Waals surface area (Å²) < 4.78 is 0. The molecule has 1 nitrogen and oxygen atoms in total. The molecule has 0 aliphatic heterocycles. The van der Waals surface area contributed by atoms with Crippen LogP contribution in [-0.2, 0) is 0 Å². The van der Waals surface area contributed by atoms with Crippen molar-refractivity contribution in [3.05, 3.63) is 10.7 Å². The third-order valence-corrected chi connectivity index (χ3v) is 0.623. The third-order valence-electron chi connectivity index (χ3n) is 0.325. The molecule has 0 aliphatic rings. The molecule has 3 heteroatoms. The molecule has 0 atom stereocenters. The normalized spacial score (nSPS) is 13.7. The Morgan fingerprint density at radius 1 is 1.83 bits per heavy atom. The average molecular weight is 102 g/mol. The molecule has 32 valence electrons. The Bertz CT molecular complexity index is 60.9. The number of rotatable bonds is 0. The predicted octanol–water partition coefficient (Wildman–Crippen LogP) is 1.14. The Morgan fingerprint density at radius 3 is 2.00 bits per heavy atom. The van der Waals surface area contributed by atoms with E-state index in [1.807, 2.05) is 0 Å². The van der Waals surface area contributed by atoms with Crippen LogP contribution in [0.15, 0.2) is 10.7 Å². The van der Waals surface area contributed by atoms with Gasteiger partial charge in [-0.1, -0.05) is 5.47 Å². The van der Waals surface area contributed by atoms with Gasteiger partial charge in [-0.3, -0.25) is 0 Å². The number of allylic oxidation sites excluding steroid dienone is 1. The van der Waals surface area contributed by atoms with E-state index in [1.54, 1.807) is 0 Å². The molecule has 0 rings (SSSR count). The van der Waals surface area contributed by atoms with Crippen molar-refractivity contribution in [2.24, 2.45) is 0 Å². The van der Waals surface area contributed by atoms with Crippen LogP contribution in [0.25, 0.3) is 0 Å². The van der Waals surface area contributed by atoms with Crippen LogP contribution in [0.4, 0.5) is 0 Å². The lowest BCUT2D eigenvalue weighted by Gasteiger charge is -1.84. The van der Waals surface area contributed by atoms with Crippen LogP contribution in [0, 0.1) is 0 Å². The summed E-state index contributed by atoms with van der Waals surface area (Å²) >= 11 is 4.92. The van der Waals surface area contributed by atoms with Gasteiger partial charge < -0.3 is 5.11 Å². The van der Waals surface area contributed by atoms with E-state index >= 15 is 0 Å². The molecule has 0 amide bonds. The Morgan fingerprint density at radius 2 is 2.00 bits per heavy atom. The van der Waals surface area contributed by atoms with Crippen molar-refractivity contribution in [1.82, 2.24) is 0 Å². The van der Waals surface area contributed by atoms with Gasteiger partial charge in [0.15, 0.2) is 5.22 Å². The number of hydrogen-bond acceptors (Lipinski definition) is 1. The molecular formula is C3H4BClO. The van der Waals surface area contributed by atoms with E-state index in [1.165, 1.54) is 6.92 Å². The van der Waals surface area contributed by atoms with Crippen molar-refractivity contribution in [2.75, 3.05) is 0 Å². The van der Waals surface area contributed by atoms with Crippen LogP contribution in [0.3, 0.4) is 0 Å². The number of halogens is 1. The van der Waals surface area contributed by atoms with Crippen molar-refractivity contribution in [3.8, 4) is 0 Å². The van der Waals surface area contributed by atoms with E-state index in [-0.39, 0.29) is 10.7 Å². The molecule has 0 aromatic carbocycles. The monoisotopic (exact) mass is 102 g/mol. The van der Waals surface area contributed by atoms with Crippen LogP contribution in [0.1, 0.15) is 6.92 Å². The summed E-state index contributed by atoms with van der Waals surface area (Å²) in [6.07, 6.45) is 0. The molecule has 0 aromatic heterocycles. The highest BCUT2D eigenvalue weighted by atomic mass is 35.5. The Balaban J connectivity index is 3.68. The van der Waals surface area contributed by atoms with E-state index in [4.69, 9.17) is 24.6 Å². The summed E-state index contributed by atoms with van der Waals surface area (Å²) in [5.74, 6) is 0. The van der Waals surface area contributed by atoms with Crippen molar-refractivity contribution in [2.45, 2.75) is 6.92 Å². The number of hydrogen-bond donors (Lipinski definition) is 1. The van der Waals surface area contributed by atoms with Crippen molar-refractivity contribution in [3.63, 3.8) is 0 Å². The lowest BCUT2D eigenvalue weighted by Crippen LogP contribution is -1.74. The minimum Gasteiger partial charge on any atom is -0.499 e. The number of aliphatic hydroxyl groups is 1. The lowest BCUT2D eigenvalue weighted by atomic mass is 10.0. The minimum atomic E-state index is -0.324. The Hall–Kier alpha value is -0.105. The highest BCUT2D eigenvalue weighted by Gasteiger charge is 1.81. The van der Waals surface area contributed by atoms with E-state index in [0.717, 1.165) is 0 Å². The Kier molecular flexibility index (Phi) is 2.10. The second kappa shape index (κ2) is 2.14. The predicted molar refractivity (Wildman–Crippen MR) is 26.9 cm³/mol. The minimum absolute atomic E-state index is 0.247. The molecule has 1 N–H and O–H groups in total. The maximum Gasteiger partial charge on any atom is 0.172 e. The van der Waals surface area contributed by atoms with E-state index < -0.39 is 0 Å². The first kappa shape index (κ1) is 5.89. The van der Waals surface area contributed by atoms with Crippen LogP contribution in [-0.4, -0.2) is 13.0 Å². The van der Waals surface area contributed by atoms with E-state index in [0.29, 0.717) is 0 Å². The van der Waals surface area contributed by atoms with Crippen molar-refractivity contribution in [1.29, 1.82) is 0 Å². The molecule has 6 heavy (non-hydrogen) atoms. The summed E-state index contributed by atoms with van der Waals surface area (Å²) in [6.45, 7) is 1.52. The van der Waals surface area contributed by atoms with Crippen molar-refractivity contribution < 1.29 is 5.11 Å². The highest BCUT2D eigenvalue weighted by molar-refractivity contribution is 6.34. The van der Waals surface area contributed by atoms with Crippen LogP contribution < -0.4 is 0 Å². The average Bonchev–Trinajstić information content (AvgIpc) is 1.36. The number of aliphatic hydroxyl groups excluding tert-OH is 1. The SMILES string of the molecule is [B]C(C)=C(O)Cl. The quantitative estimate of drug-likeness (QED) is 0.359. The fourth-order valence-corrected chi connectivity index (χ4v) is 0. The summed E-state index contributed by atoms with van der Waals surface area (Å²) in [6, 6.07) is 0. The first-order chi connectivity index (χ1) is 2.64. The second-order valence-electron chi connectivity index (χ2n) is 0.974. The summed E-state index contributed by atoms with van der Waals surface area (Å²) in [5.41, 5.74) is 0.247. The van der Waals surface area contributed by atoms with Gasteiger partial charge >= 0.3 is 0 Å². The van der Waals surface area contributed by atoms with E-state index in [9.17, 15) is 0 Å². The lowest BCUT2D eigenvalue weighted by molar-refractivity contribution is 0.449. The molecule has 0 bridgehead atoms. The van der Waals surface area contributed by atoms with Gasteiger partial charge in [0, 0.05) is 0 Å². The molecule has 0 saturated heterocycles. The first-order valence-corrected chi connectivity index (χ1v) is 1.83.